The Morgan fingerprint density at radius 2 is 0.808 bits per heavy atom. The minimum Gasteiger partial charge on any atom is -0.399 e. The van der Waals surface area contributed by atoms with Gasteiger partial charge in [-0.1, -0.05) is 12.1 Å². The van der Waals surface area contributed by atoms with Gasteiger partial charge in [-0.2, -0.15) is 0 Å². The molecule has 4 aromatic rings. The number of nitrogens with two attached hydrogens (primary N) is 2. The molecular formula is C22H14N2O2. The Bertz CT molecular complexity index is 1190. The van der Waals surface area contributed by atoms with Crippen LogP contribution in [0.25, 0.3) is 21.5 Å². The molecule has 0 spiro atoms. The molecule has 0 atom stereocenters. The van der Waals surface area contributed by atoms with Gasteiger partial charge in [0.05, 0.1) is 0 Å². The van der Waals surface area contributed by atoms with Crippen molar-refractivity contribution in [3.63, 3.8) is 0 Å². The highest BCUT2D eigenvalue weighted by Gasteiger charge is 2.30. The summed E-state index contributed by atoms with van der Waals surface area (Å²) in [6, 6.07) is 18.0. The molecule has 1 aliphatic rings. The van der Waals surface area contributed by atoms with Gasteiger partial charge < -0.3 is 11.5 Å². The smallest absolute Gasteiger partial charge is 0.194 e. The zero-order valence-corrected chi connectivity index (χ0v) is 13.7. The normalized spacial score (nSPS) is 13.1. The number of fused-ring (bicyclic) bond motifs is 4. The molecule has 0 radical (unpaired) electrons. The Balaban J connectivity index is 1.81. The van der Waals surface area contributed by atoms with E-state index in [0.717, 1.165) is 21.5 Å². The summed E-state index contributed by atoms with van der Waals surface area (Å²) in [4.78, 5) is 26.2. The van der Waals surface area contributed by atoms with Gasteiger partial charge >= 0.3 is 0 Å². The number of nitrogen functional groups attached to an aromatic ring is 2. The fourth-order valence-corrected chi connectivity index (χ4v) is 3.67. The first kappa shape index (κ1) is 14.7. The third kappa shape index (κ3) is 1.96. The topological polar surface area (TPSA) is 86.2 Å². The molecule has 0 unspecified atom stereocenters. The van der Waals surface area contributed by atoms with Gasteiger partial charge in [-0.3, -0.25) is 9.59 Å². The van der Waals surface area contributed by atoms with E-state index in [2.05, 4.69) is 0 Å². The quantitative estimate of drug-likeness (QED) is 0.419. The molecule has 0 aliphatic heterocycles. The predicted octanol–water partition coefficient (Wildman–Crippen LogP) is 3.93. The van der Waals surface area contributed by atoms with Crippen molar-refractivity contribution >= 4 is 44.5 Å². The van der Waals surface area contributed by atoms with Crippen LogP contribution in [0.5, 0.6) is 0 Å². The van der Waals surface area contributed by atoms with Gasteiger partial charge in [0.2, 0.25) is 0 Å². The van der Waals surface area contributed by atoms with Crippen molar-refractivity contribution in [1.29, 1.82) is 0 Å². The molecule has 4 N–H and O–H groups in total. The van der Waals surface area contributed by atoms with Gasteiger partial charge in [-0.15, -0.1) is 0 Å². The standard InChI is InChI=1S/C22H14N2O2/c23-15-3-1-11-7-17-19(9-13(11)5-15)22(26)18-8-12-2-4-16(24)6-14(12)10-20(18)21(17)25/h1-10H,23-24H2. The second-order valence-corrected chi connectivity index (χ2v) is 6.67. The molecule has 4 nitrogen and oxygen atoms in total. The predicted molar refractivity (Wildman–Crippen MR) is 104 cm³/mol. The van der Waals surface area contributed by atoms with Crippen LogP contribution in [0.3, 0.4) is 0 Å². The Kier molecular flexibility index (Phi) is 2.78. The number of ketones is 2. The van der Waals surface area contributed by atoms with Crippen LogP contribution >= 0.6 is 0 Å². The molecule has 0 saturated heterocycles. The fraction of sp³-hybridized carbons (Fsp3) is 0. The van der Waals surface area contributed by atoms with Crippen molar-refractivity contribution in [1.82, 2.24) is 0 Å². The van der Waals surface area contributed by atoms with E-state index in [1.165, 1.54) is 0 Å². The molecule has 26 heavy (non-hydrogen) atoms. The third-order valence-corrected chi connectivity index (χ3v) is 4.98. The molecule has 0 fully saturated rings. The number of benzene rings is 4. The van der Waals surface area contributed by atoms with Gasteiger partial charge in [0.15, 0.2) is 11.6 Å². The van der Waals surface area contributed by atoms with Gasteiger partial charge in [0.1, 0.15) is 0 Å². The van der Waals surface area contributed by atoms with Crippen molar-refractivity contribution in [3.05, 3.63) is 82.9 Å². The van der Waals surface area contributed by atoms with E-state index in [1.54, 1.807) is 36.4 Å². The number of anilines is 2. The average molecular weight is 338 g/mol. The lowest BCUT2D eigenvalue weighted by molar-refractivity contribution is 0.0979. The Labute approximate surface area is 149 Å². The van der Waals surface area contributed by atoms with Crippen LogP contribution in [0.1, 0.15) is 31.8 Å². The minimum atomic E-state index is -0.141. The van der Waals surface area contributed by atoms with Crippen molar-refractivity contribution < 1.29 is 9.59 Å². The van der Waals surface area contributed by atoms with Crippen molar-refractivity contribution in [3.8, 4) is 0 Å². The molecule has 0 saturated carbocycles. The summed E-state index contributed by atoms with van der Waals surface area (Å²) in [5, 5.41) is 3.46. The molecule has 4 heteroatoms. The molecule has 0 aromatic heterocycles. The summed E-state index contributed by atoms with van der Waals surface area (Å²) < 4.78 is 0. The molecule has 4 aromatic carbocycles. The Morgan fingerprint density at radius 1 is 0.462 bits per heavy atom. The summed E-state index contributed by atoms with van der Waals surface area (Å²) in [7, 11) is 0. The average Bonchev–Trinajstić information content (AvgIpc) is 2.63. The highest BCUT2D eigenvalue weighted by molar-refractivity contribution is 6.30. The summed E-state index contributed by atoms with van der Waals surface area (Å²) in [6.45, 7) is 0. The third-order valence-electron chi connectivity index (χ3n) is 4.98. The minimum absolute atomic E-state index is 0.141. The van der Waals surface area contributed by atoms with Crippen LogP contribution in [-0.2, 0) is 0 Å². The first-order valence-corrected chi connectivity index (χ1v) is 8.27. The van der Waals surface area contributed by atoms with Gasteiger partial charge in [0, 0.05) is 33.6 Å². The van der Waals surface area contributed by atoms with Crippen molar-refractivity contribution in [2.45, 2.75) is 0 Å². The van der Waals surface area contributed by atoms with E-state index in [4.69, 9.17) is 11.5 Å². The summed E-state index contributed by atoms with van der Waals surface area (Å²) in [6.07, 6.45) is 0. The number of hydrogen-bond donors (Lipinski definition) is 2. The number of carbonyl (C=O) groups excluding carboxylic acids is 2. The van der Waals surface area contributed by atoms with E-state index in [9.17, 15) is 9.59 Å². The lowest BCUT2D eigenvalue weighted by atomic mass is 9.81. The zero-order valence-electron chi connectivity index (χ0n) is 13.7. The highest BCUT2D eigenvalue weighted by Crippen LogP contribution is 2.33. The summed E-state index contributed by atoms with van der Waals surface area (Å²) >= 11 is 0. The molecule has 124 valence electrons. The maximum atomic E-state index is 13.1. The monoisotopic (exact) mass is 338 g/mol. The van der Waals surface area contributed by atoms with Gasteiger partial charge in [-0.05, 0) is 70.1 Å². The lowest BCUT2D eigenvalue weighted by Crippen LogP contribution is -2.21. The maximum absolute atomic E-state index is 13.1. The van der Waals surface area contributed by atoms with Crippen LogP contribution in [0.15, 0.2) is 60.7 Å². The van der Waals surface area contributed by atoms with Crippen molar-refractivity contribution in [2.75, 3.05) is 11.5 Å². The Hall–Kier alpha value is -3.66. The van der Waals surface area contributed by atoms with E-state index in [1.807, 2.05) is 24.3 Å². The molecule has 1 aliphatic carbocycles. The SMILES string of the molecule is Nc1ccc2cc3c(cc2c1)C(=O)c1cc2ccc(N)cc2cc1C3=O. The van der Waals surface area contributed by atoms with E-state index >= 15 is 0 Å². The van der Waals surface area contributed by atoms with Crippen LogP contribution in [0, 0.1) is 0 Å². The molecule has 0 heterocycles. The number of hydrogen-bond acceptors (Lipinski definition) is 4. The molecule has 0 bridgehead atoms. The summed E-state index contributed by atoms with van der Waals surface area (Å²) in [5.41, 5.74) is 14.7. The fourth-order valence-electron chi connectivity index (χ4n) is 3.67. The van der Waals surface area contributed by atoms with E-state index < -0.39 is 0 Å². The van der Waals surface area contributed by atoms with E-state index in [-0.39, 0.29) is 11.6 Å². The van der Waals surface area contributed by atoms with E-state index in [0.29, 0.717) is 33.6 Å². The van der Waals surface area contributed by atoms with Crippen LogP contribution < -0.4 is 11.5 Å². The number of carbonyl (C=O) groups is 2. The van der Waals surface area contributed by atoms with Gasteiger partial charge in [0.25, 0.3) is 0 Å². The lowest BCUT2D eigenvalue weighted by Gasteiger charge is -2.19. The first-order chi connectivity index (χ1) is 12.5. The maximum Gasteiger partial charge on any atom is 0.194 e. The van der Waals surface area contributed by atoms with Crippen molar-refractivity contribution in [2.24, 2.45) is 0 Å². The van der Waals surface area contributed by atoms with Crippen LogP contribution in [0.4, 0.5) is 11.4 Å². The first-order valence-electron chi connectivity index (χ1n) is 8.27. The second kappa shape index (κ2) is 4.92. The van der Waals surface area contributed by atoms with Crippen LogP contribution in [-0.4, -0.2) is 11.6 Å². The largest absolute Gasteiger partial charge is 0.399 e. The number of rotatable bonds is 0. The Morgan fingerprint density at radius 3 is 1.19 bits per heavy atom. The molecule has 0 amide bonds. The molecule has 5 rings (SSSR count). The van der Waals surface area contributed by atoms with Gasteiger partial charge in [-0.25, -0.2) is 0 Å². The highest BCUT2D eigenvalue weighted by atomic mass is 16.1. The zero-order chi connectivity index (χ0) is 18.0. The van der Waals surface area contributed by atoms with Crippen LogP contribution in [0.2, 0.25) is 0 Å². The second-order valence-electron chi connectivity index (χ2n) is 6.67. The molecular weight excluding hydrogens is 324 g/mol. The summed E-state index contributed by atoms with van der Waals surface area (Å²) in [5.74, 6) is -0.282.